The van der Waals surface area contributed by atoms with Crippen molar-refractivity contribution in [3.05, 3.63) is 35.6 Å². The minimum Gasteiger partial charge on any atom is -0.442 e. The average molecular weight is 479 g/mol. The van der Waals surface area contributed by atoms with E-state index in [0.29, 0.717) is 29.6 Å². The summed E-state index contributed by atoms with van der Waals surface area (Å²) in [5.41, 5.74) is 0.703. The Bertz CT molecular complexity index is 1020. The van der Waals surface area contributed by atoms with Gasteiger partial charge in [-0.2, -0.15) is 0 Å². The number of amides is 4. The number of rotatable bonds is 5. The van der Waals surface area contributed by atoms with E-state index >= 15 is 0 Å². The quantitative estimate of drug-likeness (QED) is 0.676. The molecule has 0 aliphatic carbocycles. The van der Waals surface area contributed by atoms with Gasteiger partial charge in [-0.15, -0.1) is 11.3 Å². The summed E-state index contributed by atoms with van der Waals surface area (Å²) in [4.78, 5) is 48.2. The van der Waals surface area contributed by atoms with Gasteiger partial charge < -0.3 is 15.0 Å². The zero-order chi connectivity index (χ0) is 23.4. The molecule has 0 saturated carbocycles. The molecule has 33 heavy (non-hydrogen) atoms. The maximum Gasteiger partial charge on any atom is 0.414 e. The second-order valence-corrected chi connectivity index (χ2v) is 8.27. The van der Waals surface area contributed by atoms with Gasteiger partial charge in [0.05, 0.1) is 37.6 Å². The van der Waals surface area contributed by atoms with Gasteiger partial charge in [-0.05, 0) is 18.2 Å². The topological polar surface area (TPSA) is 116 Å². The summed E-state index contributed by atoms with van der Waals surface area (Å²) in [6.45, 7) is 2.92. The van der Waals surface area contributed by atoms with Crippen molar-refractivity contribution in [3.8, 4) is 0 Å². The minimum atomic E-state index is -0.595. The average Bonchev–Trinajstić information content (AvgIpc) is 3.35. The second-order valence-electron chi connectivity index (χ2n) is 7.38. The van der Waals surface area contributed by atoms with Gasteiger partial charge in [-0.25, -0.2) is 24.0 Å². The van der Waals surface area contributed by atoms with Gasteiger partial charge in [0.2, 0.25) is 5.91 Å². The third-order valence-electron chi connectivity index (χ3n) is 5.09. The Morgan fingerprint density at radius 2 is 2.15 bits per heavy atom. The van der Waals surface area contributed by atoms with Crippen molar-refractivity contribution in [1.82, 2.24) is 15.4 Å². The summed E-state index contributed by atoms with van der Waals surface area (Å²) in [6, 6.07) is 4.06. The number of urea groups is 1. The molecule has 2 aliphatic rings. The lowest BCUT2D eigenvalue weighted by Gasteiger charge is -2.23. The molecule has 3 heterocycles. The van der Waals surface area contributed by atoms with Crippen LogP contribution in [0.2, 0.25) is 0 Å². The first-order valence-electron chi connectivity index (χ1n) is 10.3. The van der Waals surface area contributed by atoms with Gasteiger partial charge in [0.15, 0.2) is 5.13 Å². The first-order valence-corrected chi connectivity index (χ1v) is 11.2. The van der Waals surface area contributed by atoms with Crippen LogP contribution in [-0.4, -0.2) is 73.5 Å². The van der Waals surface area contributed by atoms with E-state index in [1.807, 2.05) is 0 Å². The molecule has 176 valence electrons. The molecule has 1 aromatic carbocycles. The van der Waals surface area contributed by atoms with E-state index in [1.165, 1.54) is 34.3 Å². The number of aromatic nitrogens is 1. The number of thiazole rings is 1. The SMILES string of the molecule is CC(=O)NCC1CN(c2ccc(N3CCON(C(=O)Nc4nccs4)CC3)c(F)c2)C(=O)O1. The number of nitrogens with zero attached hydrogens (tertiary/aromatic N) is 4. The van der Waals surface area contributed by atoms with Crippen LogP contribution < -0.4 is 20.4 Å². The first-order chi connectivity index (χ1) is 15.9. The number of ether oxygens (including phenoxy) is 1. The number of benzene rings is 1. The number of hydrogen-bond acceptors (Lipinski definition) is 8. The van der Waals surface area contributed by atoms with E-state index in [2.05, 4.69) is 15.6 Å². The minimum absolute atomic E-state index is 0.190. The van der Waals surface area contributed by atoms with Crippen molar-refractivity contribution in [1.29, 1.82) is 0 Å². The fraction of sp³-hybridized carbons (Fsp3) is 0.400. The van der Waals surface area contributed by atoms with Crippen LogP contribution in [0.15, 0.2) is 29.8 Å². The molecule has 4 rings (SSSR count). The predicted molar refractivity (Wildman–Crippen MR) is 119 cm³/mol. The number of carbonyl (C=O) groups is 3. The van der Waals surface area contributed by atoms with Gasteiger partial charge >= 0.3 is 12.1 Å². The van der Waals surface area contributed by atoms with Crippen LogP contribution in [-0.2, 0) is 14.4 Å². The number of hydroxylamine groups is 2. The van der Waals surface area contributed by atoms with Crippen LogP contribution in [0.4, 0.5) is 30.5 Å². The van der Waals surface area contributed by atoms with Crippen molar-refractivity contribution in [2.45, 2.75) is 13.0 Å². The summed E-state index contributed by atoms with van der Waals surface area (Å²) in [6.07, 6.45) is 0.485. The molecule has 1 atom stereocenters. The van der Waals surface area contributed by atoms with Gasteiger partial charge in [0, 0.05) is 31.6 Å². The molecular formula is C20H23FN6O5S. The molecule has 2 aliphatic heterocycles. The Labute approximate surface area is 193 Å². The molecule has 1 aromatic heterocycles. The highest BCUT2D eigenvalue weighted by atomic mass is 32.1. The lowest BCUT2D eigenvalue weighted by atomic mass is 10.2. The predicted octanol–water partition coefficient (Wildman–Crippen LogP) is 2.03. The van der Waals surface area contributed by atoms with E-state index in [4.69, 9.17) is 9.57 Å². The van der Waals surface area contributed by atoms with Crippen LogP contribution in [0.25, 0.3) is 0 Å². The highest BCUT2D eigenvalue weighted by Crippen LogP contribution is 2.28. The summed E-state index contributed by atoms with van der Waals surface area (Å²) in [7, 11) is 0. The lowest BCUT2D eigenvalue weighted by Crippen LogP contribution is -2.37. The molecule has 2 aromatic rings. The number of nitrogens with one attached hydrogen (secondary N) is 2. The van der Waals surface area contributed by atoms with Crippen LogP contribution >= 0.6 is 11.3 Å². The zero-order valence-corrected chi connectivity index (χ0v) is 18.6. The second kappa shape index (κ2) is 10.0. The highest BCUT2D eigenvalue weighted by molar-refractivity contribution is 7.13. The van der Waals surface area contributed by atoms with Crippen molar-refractivity contribution >= 4 is 45.9 Å². The fourth-order valence-electron chi connectivity index (χ4n) is 3.51. The molecule has 2 fully saturated rings. The Morgan fingerprint density at radius 3 is 2.88 bits per heavy atom. The molecule has 2 N–H and O–H groups in total. The van der Waals surface area contributed by atoms with E-state index in [9.17, 15) is 18.8 Å². The van der Waals surface area contributed by atoms with E-state index in [1.54, 1.807) is 28.6 Å². The smallest absolute Gasteiger partial charge is 0.414 e. The molecular weight excluding hydrogens is 455 g/mol. The van der Waals surface area contributed by atoms with E-state index in [-0.39, 0.29) is 32.1 Å². The standard InChI is InChI=1S/C20H23FN6O5S/c1-13(28)23-11-15-12-26(20(30)32-15)14-2-3-17(16(21)10-14)25-5-6-27(31-8-7-25)19(29)24-18-22-4-9-33-18/h2-4,9-10,15H,5-8,11-12H2,1H3,(H,23,28)(H,22,24,29). The maximum absolute atomic E-state index is 15.0. The first kappa shape index (κ1) is 22.7. The lowest BCUT2D eigenvalue weighted by molar-refractivity contribution is -0.119. The third kappa shape index (κ3) is 5.49. The van der Waals surface area contributed by atoms with Crippen LogP contribution in [0.3, 0.4) is 0 Å². The van der Waals surface area contributed by atoms with Gasteiger partial charge in [-0.3, -0.25) is 19.8 Å². The number of anilines is 3. The molecule has 0 spiro atoms. The normalized spacial score (nSPS) is 18.7. The molecule has 0 radical (unpaired) electrons. The maximum atomic E-state index is 15.0. The van der Waals surface area contributed by atoms with Gasteiger partial charge in [-0.1, -0.05) is 0 Å². The number of cyclic esters (lactones) is 1. The largest absolute Gasteiger partial charge is 0.442 e. The third-order valence-corrected chi connectivity index (χ3v) is 5.78. The van der Waals surface area contributed by atoms with Gasteiger partial charge in [0.1, 0.15) is 11.9 Å². The van der Waals surface area contributed by atoms with Gasteiger partial charge in [0.25, 0.3) is 0 Å². The monoisotopic (exact) mass is 478 g/mol. The van der Waals surface area contributed by atoms with Crippen molar-refractivity contribution in [3.63, 3.8) is 0 Å². The highest BCUT2D eigenvalue weighted by Gasteiger charge is 2.33. The Balaban J connectivity index is 1.37. The van der Waals surface area contributed by atoms with Crippen LogP contribution in [0.5, 0.6) is 0 Å². The van der Waals surface area contributed by atoms with Crippen molar-refractivity contribution < 1.29 is 28.3 Å². The van der Waals surface area contributed by atoms with E-state index in [0.717, 1.165) is 0 Å². The number of halogens is 1. The zero-order valence-electron chi connectivity index (χ0n) is 17.8. The summed E-state index contributed by atoms with van der Waals surface area (Å²) in [5, 5.41) is 8.66. The Morgan fingerprint density at radius 1 is 1.30 bits per heavy atom. The van der Waals surface area contributed by atoms with Crippen molar-refractivity contribution in [2.24, 2.45) is 0 Å². The summed E-state index contributed by atoms with van der Waals surface area (Å²) in [5.74, 6) is -0.730. The molecule has 0 bridgehead atoms. The Hall–Kier alpha value is -3.45. The molecule has 2 saturated heterocycles. The fourth-order valence-corrected chi connectivity index (χ4v) is 4.02. The number of carbonyl (C=O) groups excluding carboxylic acids is 3. The number of hydrogen-bond donors (Lipinski definition) is 2. The Kier molecular flexibility index (Phi) is 6.89. The van der Waals surface area contributed by atoms with Crippen molar-refractivity contribution in [2.75, 3.05) is 54.4 Å². The molecule has 11 nitrogen and oxygen atoms in total. The molecule has 1 unspecified atom stereocenters. The van der Waals surface area contributed by atoms with E-state index < -0.39 is 24.0 Å². The summed E-state index contributed by atoms with van der Waals surface area (Å²) < 4.78 is 20.2. The molecule has 4 amide bonds. The van der Waals surface area contributed by atoms with Crippen LogP contribution in [0.1, 0.15) is 6.92 Å². The summed E-state index contributed by atoms with van der Waals surface area (Å²) >= 11 is 1.30. The molecule has 13 heteroatoms. The van der Waals surface area contributed by atoms with Crippen LogP contribution in [0, 0.1) is 5.82 Å².